The van der Waals surface area contributed by atoms with Crippen LogP contribution in [-0.4, -0.2) is 27.9 Å². The highest BCUT2D eigenvalue weighted by Crippen LogP contribution is 2.18. The molecule has 1 aromatic carbocycles. The van der Waals surface area contributed by atoms with Gasteiger partial charge >= 0.3 is 11.6 Å². The van der Waals surface area contributed by atoms with Crippen LogP contribution in [0.4, 0.5) is 0 Å². The number of aromatic carboxylic acids is 1. The highest BCUT2D eigenvalue weighted by Gasteiger charge is 2.11. The highest BCUT2D eigenvalue weighted by molar-refractivity contribution is 5.91. The van der Waals surface area contributed by atoms with E-state index in [4.69, 9.17) is 19.7 Å². The Labute approximate surface area is 102 Å². The smallest absolute Gasteiger partial charge is 0.351 e. The maximum absolute atomic E-state index is 11.2. The SMILES string of the molecule is CCO.O=C(O)c1cc2ccc(O)cc2oc1=O. The summed E-state index contributed by atoms with van der Waals surface area (Å²) in [6.45, 7) is 1.93. The number of benzene rings is 1. The molecule has 0 aliphatic rings. The van der Waals surface area contributed by atoms with Crippen molar-refractivity contribution in [2.45, 2.75) is 6.92 Å². The lowest BCUT2D eigenvalue weighted by atomic mass is 10.2. The minimum atomic E-state index is -1.33. The molecule has 0 aliphatic heterocycles. The number of aliphatic hydroxyl groups excluding tert-OH is 1. The van der Waals surface area contributed by atoms with Crippen LogP contribution in [0.1, 0.15) is 17.3 Å². The van der Waals surface area contributed by atoms with Crippen molar-refractivity contribution in [3.63, 3.8) is 0 Å². The quantitative estimate of drug-likeness (QED) is 0.658. The topological polar surface area (TPSA) is 108 Å². The van der Waals surface area contributed by atoms with E-state index < -0.39 is 17.2 Å². The van der Waals surface area contributed by atoms with E-state index in [1.165, 1.54) is 24.3 Å². The van der Waals surface area contributed by atoms with E-state index in [1.54, 1.807) is 6.92 Å². The monoisotopic (exact) mass is 252 g/mol. The molecule has 1 heterocycles. The number of phenolic OH excluding ortho intramolecular Hbond substituents is 1. The first kappa shape index (κ1) is 13.7. The van der Waals surface area contributed by atoms with E-state index in [2.05, 4.69) is 0 Å². The third kappa shape index (κ3) is 3.08. The lowest BCUT2D eigenvalue weighted by Gasteiger charge is -1.98. The number of hydrogen-bond donors (Lipinski definition) is 3. The lowest BCUT2D eigenvalue weighted by Crippen LogP contribution is -2.12. The molecule has 1 aromatic heterocycles. The van der Waals surface area contributed by atoms with Crippen LogP contribution in [0, 0.1) is 0 Å². The zero-order valence-corrected chi connectivity index (χ0v) is 9.58. The van der Waals surface area contributed by atoms with Crippen LogP contribution in [0.25, 0.3) is 11.0 Å². The Bertz CT molecular complexity index is 613. The van der Waals surface area contributed by atoms with Crippen molar-refractivity contribution >= 4 is 16.9 Å². The molecule has 0 saturated carbocycles. The molecular formula is C12H12O6. The first-order chi connectivity index (χ1) is 8.49. The van der Waals surface area contributed by atoms with Gasteiger partial charge in [0.15, 0.2) is 0 Å². The number of fused-ring (bicyclic) bond motifs is 1. The van der Waals surface area contributed by atoms with Crippen molar-refractivity contribution in [2.75, 3.05) is 6.61 Å². The van der Waals surface area contributed by atoms with E-state index in [-0.39, 0.29) is 17.9 Å². The average molecular weight is 252 g/mol. The van der Waals surface area contributed by atoms with Crippen molar-refractivity contribution in [3.8, 4) is 5.75 Å². The molecule has 2 rings (SSSR count). The Morgan fingerprint density at radius 1 is 1.33 bits per heavy atom. The van der Waals surface area contributed by atoms with Crippen LogP contribution in [0.3, 0.4) is 0 Å². The van der Waals surface area contributed by atoms with E-state index in [0.717, 1.165) is 0 Å². The second kappa shape index (κ2) is 5.83. The van der Waals surface area contributed by atoms with Gasteiger partial charge in [0.25, 0.3) is 0 Å². The highest BCUT2D eigenvalue weighted by atomic mass is 16.4. The molecule has 0 bridgehead atoms. The summed E-state index contributed by atoms with van der Waals surface area (Å²) < 4.78 is 4.74. The van der Waals surface area contributed by atoms with Gasteiger partial charge in [0.2, 0.25) is 0 Å². The summed E-state index contributed by atoms with van der Waals surface area (Å²) in [7, 11) is 0. The minimum absolute atomic E-state index is 0.0475. The maximum atomic E-state index is 11.2. The summed E-state index contributed by atoms with van der Waals surface area (Å²) in [4.78, 5) is 21.8. The van der Waals surface area contributed by atoms with Crippen molar-refractivity contribution < 1.29 is 24.5 Å². The van der Waals surface area contributed by atoms with Gasteiger partial charge in [-0.05, 0) is 25.1 Å². The van der Waals surface area contributed by atoms with Crippen LogP contribution < -0.4 is 5.63 Å². The Morgan fingerprint density at radius 2 is 1.94 bits per heavy atom. The van der Waals surface area contributed by atoms with Gasteiger partial charge in [0, 0.05) is 18.1 Å². The summed E-state index contributed by atoms with van der Waals surface area (Å²) in [5, 5.41) is 25.8. The van der Waals surface area contributed by atoms with Crippen molar-refractivity contribution in [1.29, 1.82) is 0 Å². The van der Waals surface area contributed by atoms with Crippen LogP contribution in [0.5, 0.6) is 5.75 Å². The lowest BCUT2D eigenvalue weighted by molar-refractivity contribution is 0.0692. The molecular weight excluding hydrogens is 240 g/mol. The first-order valence-corrected chi connectivity index (χ1v) is 5.10. The number of carbonyl (C=O) groups is 1. The van der Waals surface area contributed by atoms with E-state index in [1.807, 2.05) is 0 Å². The second-order valence-electron chi connectivity index (χ2n) is 3.29. The molecule has 6 heteroatoms. The van der Waals surface area contributed by atoms with Crippen molar-refractivity contribution in [1.82, 2.24) is 0 Å². The van der Waals surface area contributed by atoms with Gasteiger partial charge in [-0.15, -0.1) is 0 Å². The van der Waals surface area contributed by atoms with Crippen LogP contribution in [0.15, 0.2) is 33.5 Å². The van der Waals surface area contributed by atoms with Gasteiger partial charge in [-0.2, -0.15) is 0 Å². The Hall–Kier alpha value is -2.34. The molecule has 18 heavy (non-hydrogen) atoms. The Balaban J connectivity index is 0.000000492. The van der Waals surface area contributed by atoms with Crippen LogP contribution in [-0.2, 0) is 0 Å². The number of carboxylic acids is 1. The largest absolute Gasteiger partial charge is 0.508 e. The second-order valence-corrected chi connectivity index (χ2v) is 3.29. The third-order valence-electron chi connectivity index (χ3n) is 1.95. The zero-order chi connectivity index (χ0) is 13.7. The standard InChI is InChI=1S/C10H6O5.C2H6O/c11-6-2-1-5-3-7(9(12)13)10(14)15-8(5)4-6;1-2-3/h1-4,11H,(H,12,13);3H,2H2,1H3. The van der Waals surface area contributed by atoms with E-state index in [0.29, 0.717) is 5.39 Å². The minimum Gasteiger partial charge on any atom is -0.508 e. The summed E-state index contributed by atoms with van der Waals surface area (Å²) in [5.74, 6) is -1.38. The van der Waals surface area contributed by atoms with Gasteiger partial charge in [0.05, 0.1) is 0 Å². The molecule has 0 spiro atoms. The molecule has 0 fully saturated rings. The fraction of sp³-hybridized carbons (Fsp3) is 0.167. The number of phenols is 1. The molecule has 0 unspecified atom stereocenters. The average Bonchev–Trinajstić information content (AvgIpc) is 2.28. The zero-order valence-electron chi connectivity index (χ0n) is 9.58. The molecule has 2 aromatic rings. The van der Waals surface area contributed by atoms with E-state index >= 15 is 0 Å². The predicted octanol–water partition coefficient (Wildman–Crippen LogP) is 1.20. The molecule has 96 valence electrons. The van der Waals surface area contributed by atoms with Gasteiger partial charge in [-0.25, -0.2) is 9.59 Å². The van der Waals surface area contributed by atoms with Crippen molar-refractivity contribution in [2.24, 2.45) is 0 Å². The summed E-state index contributed by atoms with van der Waals surface area (Å²) in [5.41, 5.74) is -1.20. The van der Waals surface area contributed by atoms with Crippen LogP contribution >= 0.6 is 0 Å². The fourth-order valence-electron chi connectivity index (χ4n) is 1.25. The van der Waals surface area contributed by atoms with E-state index in [9.17, 15) is 9.59 Å². The molecule has 0 saturated heterocycles. The van der Waals surface area contributed by atoms with Gasteiger partial charge in [0.1, 0.15) is 16.9 Å². The molecule has 0 radical (unpaired) electrons. The first-order valence-electron chi connectivity index (χ1n) is 5.10. The van der Waals surface area contributed by atoms with Gasteiger partial charge in [-0.3, -0.25) is 0 Å². The Morgan fingerprint density at radius 3 is 2.50 bits per heavy atom. The molecule has 0 atom stereocenters. The van der Waals surface area contributed by atoms with Crippen molar-refractivity contribution in [3.05, 3.63) is 40.2 Å². The normalized spacial score (nSPS) is 9.67. The number of aromatic hydroxyl groups is 1. The van der Waals surface area contributed by atoms with Crippen LogP contribution in [0.2, 0.25) is 0 Å². The third-order valence-corrected chi connectivity index (χ3v) is 1.95. The predicted molar refractivity (Wildman–Crippen MR) is 63.9 cm³/mol. The van der Waals surface area contributed by atoms with Gasteiger partial charge < -0.3 is 19.7 Å². The molecule has 0 aliphatic carbocycles. The fourth-order valence-corrected chi connectivity index (χ4v) is 1.25. The Kier molecular flexibility index (Phi) is 4.45. The number of aliphatic hydroxyl groups is 1. The summed E-state index contributed by atoms with van der Waals surface area (Å²) >= 11 is 0. The molecule has 3 N–H and O–H groups in total. The van der Waals surface area contributed by atoms with Gasteiger partial charge in [-0.1, -0.05) is 0 Å². The number of hydrogen-bond acceptors (Lipinski definition) is 5. The summed E-state index contributed by atoms with van der Waals surface area (Å²) in [6.07, 6.45) is 0. The number of rotatable bonds is 1. The number of carboxylic acid groups (broad SMARTS) is 1. The molecule has 0 amide bonds. The molecule has 6 nitrogen and oxygen atoms in total. The maximum Gasteiger partial charge on any atom is 0.351 e. The summed E-state index contributed by atoms with van der Waals surface area (Å²) in [6, 6.07) is 5.32.